The van der Waals surface area contributed by atoms with Crippen LogP contribution >= 0.6 is 22.9 Å². The zero-order chi connectivity index (χ0) is 22.2. The number of amides is 2. The molecule has 6 nitrogen and oxygen atoms in total. The average Bonchev–Trinajstić information content (AvgIpc) is 3.38. The molecule has 0 bridgehead atoms. The SMILES string of the molecule is CN1CCc2cc(C(=O)N[C@H]3CCCC[C@H]3NC(=O)c3cc4cc(Cl)ccc4[nH]3)sc2C1. The van der Waals surface area contributed by atoms with Crippen LogP contribution in [0.4, 0.5) is 0 Å². The van der Waals surface area contributed by atoms with E-state index in [2.05, 4.69) is 27.6 Å². The highest BCUT2D eigenvalue weighted by Gasteiger charge is 2.30. The van der Waals surface area contributed by atoms with Gasteiger partial charge in [0, 0.05) is 46.0 Å². The minimum absolute atomic E-state index is 0.0292. The summed E-state index contributed by atoms with van der Waals surface area (Å²) in [5, 5.41) is 7.91. The number of likely N-dealkylation sites (N-methyl/N-ethyl adjacent to an activating group) is 1. The van der Waals surface area contributed by atoms with Crippen LogP contribution in [0.2, 0.25) is 5.02 Å². The van der Waals surface area contributed by atoms with Crippen LogP contribution in [0.15, 0.2) is 30.3 Å². The molecule has 2 aromatic heterocycles. The number of thiophene rings is 1. The van der Waals surface area contributed by atoms with Gasteiger partial charge in [-0.1, -0.05) is 24.4 Å². The zero-order valence-electron chi connectivity index (χ0n) is 18.0. The van der Waals surface area contributed by atoms with Gasteiger partial charge in [-0.3, -0.25) is 9.59 Å². The predicted octanol–water partition coefficient (Wildman–Crippen LogP) is 4.34. The Morgan fingerprint density at radius 1 is 1.09 bits per heavy atom. The summed E-state index contributed by atoms with van der Waals surface area (Å²) in [5.41, 5.74) is 2.68. The predicted molar refractivity (Wildman–Crippen MR) is 129 cm³/mol. The normalized spacial score (nSPS) is 21.3. The number of nitrogens with one attached hydrogen (secondary N) is 3. The van der Waals surface area contributed by atoms with E-state index in [1.54, 1.807) is 17.4 Å². The van der Waals surface area contributed by atoms with Crippen molar-refractivity contribution in [2.75, 3.05) is 13.6 Å². The van der Waals surface area contributed by atoms with Crippen LogP contribution in [0.1, 0.15) is 56.3 Å². The molecule has 3 N–H and O–H groups in total. The topological polar surface area (TPSA) is 77.2 Å². The van der Waals surface area contributed by atoms with E-state index in [0.29, 0.717) is 10.7 Å². The summed E-state index contributed by atoms with van der Waals surface area (Å²) in [6, 6.07) is 9.23. The first-order valence-corrected chi connectivity index (χ1v) is 12.4. The second-order valence-electron chi connectivity index (χ2n) is 8.91. The standard InChI is InChI=1S/C24H27ClN4O2S/c1-29-9-8-14-12-21(32-22(14)13-29)24(31)28-19-5-3-2-4-18(19)27-23(30)20-11-15-10-16(25)6-7-17(15)26-20/h6-7,10-12,18-19,26H,2-5,8-9,13H2,1H3,(H,27,30)(H,28,31)/t18-,19+/m1/s1. The highest BCUT2D eigenvalue weighted by molar-refractivity contribution is 7.14. The Labute approximate surface area is 196 Å². The van der Waals surface area contributed by atoms with E-state index in [9.17, 15) is 9.59 Å². The van der Waals surface area contributed by atoms with E-state index in [1.165, 1.54) is 10.4 Å². The van der Waals surface area contributed by atoms with Crippen molar-refractivity contribution >= 4 is 45.7 Å². The fraction of sp³-hybridized carbons (Fsp3) is 0.417. The minimum atomic E-state index is -0.155. The maximum atomic E-state index is 13.0. The lowest BCUT2D eigenvalue weighted by Gasteiger charge is -2.32. The summed E-state index contributed by atoms with van der Waals surface area (Å²) in [6.45, 7) is 1.94. The molecule has 32 heavy (non-hydrogen) atoms. The van der Waals surface area contributed by atoms with Gasteiger partial charge in [-0.05, 0) is 62.2 Å². The lowest BCUT2D eigenvalue weighted by molar-refractivity contribution is 0.0862. The van der Waals surface area contributed by atoms with Crippen LogP contribution in [0.5, 0.6) is 0 Å². The molecular formula is C24H27ClN4O2S. The van der Waals surface area contributed by atoms with Gasteiger partial charge in [-0.25, -0.2) is 0 Å². The number of H-pyrrole nitrogens is 1. The minimum Gasteiger partial charge on any atom is -0.351 e. The molecule has 0 spiro atoms. The summed E-state index contributed by atoms with van der Waals surface area (Å²) in [6.07, 6.45) is 4.81. The first kappa shape index (κ1) is 21.5. The monoisotopic (exact) mass is 470 g/mol. The number of fused-ring (bicyclic) bond motifs is 2. The molecule has 0 radical (unpaired) electrons. The highest BCUT2D eigenvalue weighted by atomic mass is 35.5. The number of hydrogen-bond donors (Lipinski definition) is 3. The lowest BCUT2D eigenvalue weighted by atomic mass is 9.90. The Balaban J connectivity index is 1.27. The molecule has 2 amide bonds. The van der Waals surface area contributed by atoms with Crippen molar-refractivity contribution in [3.8, 4) is 0 Å². The number of aromatic amines is 1. The Morgan fingerprint density at radius 3 is 2.62 bits per heavy atom. The van der Waals surface area contributed by atoms with Crippen molar-refractivity contribution in [1.29, 1.82) is 0 Å². The lowest BCUT2D eigenvalue weighted by Crippen LogP contribution is -2.53. The van der Waals surface area contributed by atoms with Crippen molar-refractivity contribution < 1.29 is 9.59 Å². The summed E-state index contributed by atoms with van der Waals surface area (Å²) in [4.78, 5) is 33.5. The molecule has 1 fully saturated rings. The molecule has 3 aromatic rings. The Hall–Kier alpha value is -2.35. The maximum Gasteiger partial charge on any atom is 0.268 e. The highest BCUT2D eigenvalue weighted by Crippen LogP contribution is 2.28. The molecule has 1 saturated carbocycles. The van der Waals surface area contributed by atoms with Crippen LogP contribution in [0, 0.1) is 0 Å². The van der Waals surface area contributed by atoms with Crippen molar-refractivity contribution in [2.24, 2.45) is 0 Å². The molecule has 2 atom stereocenters. The van der Waals surface area contributed by atoms with E-state index >= 15 is 0 Å². The van der Waals surface area contributed by atoms with Crippen LogP contribution in [-0.4, -0.2) is 47.4 Å². The van der Waals surface area contributed by atoms with Gasteiger partial charge in [0.05, 0.1) is 4.88 Å². The molecule has 0 saturated heterocycles. The van der Waals surface area contributed by atoms with Gasteiger partial charge in [0.2, 0.25) is 0 Å². The Morgan fingerprint density at radius 2 is 1.84 bits per heavy atom. The zero-order valence-corrected chi connectivity index (χ0v) is 19.6. The van der Waals surface area contributed by atoms with Crippen molar-refractivity contribution in [2.45, 2.75) is 50.7 Å². The second kappa shape index (κ2) is 8.89. The Kier molecular flexibility index (Phi) is 5.97. The summed E-state index contributed by atoms with van der Waals surface area (Å²) < 4.78 is 0. The molecule has 5 rings (SSSR count). The van der Waals surface area contributed by atoms with Gasteiger partial charge >= 0.3 is 0 Å². The molecule has 1 aromatic carbocycles. The molecule has 1 aliphatic heterocycles. The van der Waals surface area contributed by atoms with Crippen LogP contribution in [0.3, 0.4) is 0 Å². The third-order valence-electron chi connectivity index (χ3n) is 6.52. The number of halogens is 1. The van der Waals surface area contributed by atoms with Gasteiger partial charge in [0.15, 0.2) is 0 Å². The smallest absolute Gasteiger partial charge is 0.268 e. The van der Waals surface area contributed by atoms with E-state index in [-0.39, 0.29) is 23.9 Å². The number of carbonyl (C=O) groups is 2. The molecule has 1 aliphatic carbocycles. The van der Waals surface area contributed by atoms with Gasteiger partial charge in [0.25, 0.3) is 11.8 Å². The molecule has 3 heterocycles. The largest absolute Gasteiger partial charge is 0.351 e. The summed E-state index contributed by atoms with van der Waals surface area (Å²) in [7, 11) is 2.11. The first-order chi connectivity index (χ1) is 15.5. The quantitative estimate of drug-likeness (QED) is 0.530. The number of rotatable bonds is 4. The van der Waals surface area contributed by atoms with E-state index in [4.69, 9.17) is 11.6 Å². The molecule has 0 unspecified atom stereocenters. The van der Waals surface area contributed by atoms with E-state index in [0.717, 1.165) is 61.0 Å². The van der Waals surface area contributed by atoms with Crippen molar-refractivity contribution in [3.05, 3.63) is 56.4 Å². The fourth-order valence-corrected chi connectivity index (χ4v) is 6.12. The fourth-order valence-electron chi connectivity index (χ4n) is 4.75. The van der Waals surface area contributed by atoms with E-state index in [1.807, 2.05) is 24.3 Å². The number of nitrogens with zero attached hydrogens (tertiary/aromatic N) is 1. The van der Waals surface area contributed by atoms with Crippen LogP contribution < -0.4 is 10.6 Å². The third-order valence-corrected chi connectivity index (χ3v) is 7.92. The average molecular weight is 471 g/mol. The molecule has 2 aliphatic rings. The van der Waals surface area contributed by atoms with Gasteiger partial charge in [-0.2, -0.15) is 0 Å². The number of benzene rings is 1. The molecule has 168 valence electrons. The first-order valence-electron chi connectivity index (χ1n) is 11.2. The van der Waals surface area contributed by atoms with Gasteiger partial charge in [0.1, 0.15) is 5.69 Å². The number of hydrogen-bond acceptors (Lipinski definition) is 4. The molecule has 8 heteroatoms. The maximum absolute atomic E-state index is 13.0. The van der Waals surface area contributed by atoms with Crippen molar-refractivity contribution in [3.63, 3.8) is 0 Å². The Bertz CT molecular complexity index is 1170. The number of carbonyl (C=O) groups excluding carboxylic acids is 2. The van der Waals surface area contributed by atoms with Crippen LogP contribution in [-0.2, 0) is 13.0 Å². The van der Waals surface area contributed by atoms with Gasteiger partial charge < -0.3 is 20.5 Å². The summed E-state index contributed by atoms with van der Waals surface area (Å²) in [5.74, 6) is -0.184. The van der Waals surface area contributed by atoms with E-state index < -0.39 is 0 Å². The number of aromatic nitrogens is 1. The van der Waals surface area contributed by atoms with Crippen molar-refractivity contribution in [1.82, 2.24) is 20.5 Å². The van der Waals surface area contributed by atoms with Crippen LogP contribution in [0.25, 0.3) is 10.9 Å². The second-order valence-corrected chi connectivity index (χ2v) is 10.5. The summed E-state index contributed by atoms with van der Waals surface area (Å²) >= 11 is 7.66. The third kappa shape index (κ3) is 4.42. The van der Waals surface area contributed by atoms with Gasteiger partial charge in [-0.15, -0.1) is 11.3 Å². The molecular weight excluding hydrogens is 444 g/mol.